The van der Waals surface area contributed by atoms with Gasteiger partial charge in [0, 0.05) is 4.92 Å². The van der Waals surface area contributed by atoms with Crippen LogP contribution in [0.1, 0.15) is 6.92 Å². The van der Waals surface area contributed by atoms with Gasteiger partial charge in [0.25, 0.3) is 6.04 Å². The minimum Gasteiger partial charge on any atom is -0.264 e. The van der Waals surface area contributed by atoms with Crippen LogP contribution in [0.15, 0.2) is 35.4 Å². The summed E-state index contributed by atoms with van der Waals surface area (Å²) in [5, 5.41) is 16.4. The van der Waals surface area contributed by atoms with E-state index < -0.39 is 16.5 Å². The molecule has 1 aromatic rings. The zero-order chi connectivity index (χ0) is 11.7. The van der Waals surface area contributed by atoms with Gasteiger partial charge in [0.2, 0.25) is 0 Å². The van der Waals surface area contributed by atoms with Crippen LogP contribution in [-0.2, 0) is 0 Å². The highest BCUT2D eigenvalue weighted by Crippen LogP contribution is 2.27. The lowest BCUT2D eigenvalue weighted by Crippen LogP contribution is -2.37. The average molecular weight is 240 g/mol. The molecule has 0 radical (unpaired) electrons. The maximum absolute atomic E-state index is 10.8. The van der Waals surface area contributed by atoms with Crippen molar-refractivity contribution in [2.45, 2.75) is 18.5 Å². The predicted octanol–water partition coefficient (Wildman–Crippen LogP) is 2.09. The molecule has 1 heterocycles. The Morgan fingerprint density at radius 3 is 2.56 bits per heavy atom. The molecule has 0 amide bonds. The smallest absolute Gasteiger partial charge is 0.264 e. The number of hydrogen-bond acceptors (Lipinski definition) is 4. The van der Waals surface area contributed by atoms with Gasteiger partial charge in [-0.2, -0.15) is 5.10 Å². The van der Waals surface area contributed by atoms with Crippen molar-refractivity contribution in [3.05, 3.63) is 40.4 Å². The molecule has 0 N–H and O–H groups in total. The van der Waals surface area contributed by atoms with E-state index in [1.165, 1.54) is 5.01 Å². The van der Waals surface area contributed by atoms with Crippen LogP contribution in [0, 0.1) is 10.1 Å². The Morgan fingerprint density at radius 2 is 2.06 bits per heavy atom. The summed E-state index contributed by atoms with van der Waals surface area (Å²) < 4.78 is 0. The lowest BCUT2D eigenvalue weighted by Gasteiger charge is -2.18. The van der Waals surface area contributed by atoms with Crippen molar-refractivity contribution in [3.63, 3.8) is 0 Å². The van der Waals surface area contributed by atoms with Gasteiger partial charge in [-0.15, -0.1) is 0 Å². The summed E-state index contributed by atoms with van der Waals surface area (Å²) in [7, 11) is 0. The molecule has 2 atom stereocenters. The maximum Gasteiger partial charge on any atom is 0.287 e. The second-order valence-electron chi connectivity index (χ2n) is 3.52. The zero-order valence-corrected chi connectivity index (χ0v) is 9.33. The fourth-order valence-electron chi connectivity index (χ4n) is 1.65. The lowest BCUT2D eigenvalue weighted by molar-refractivity contribution is -0.501. The van der Waals surface area contributed by atoms with Gasteiger partial charge >= 0.3 is 0 Å². The molecule has 84 valence electrons. The van der Waals surface area contributed by atoms with Crippen LogP contribution in [-0.4, -0.2) is 22.2 Å². The van der Waals surface area contributed by atoms with Crippen molar-refractivity contribution < 1.29 is 4.92 Å². The molecule has 6 heteroatoms. The second-order valence-corrected chi connectivity index (χ2v) is 3.97. The summed E-state index contributed by atoms with van der Waals surface area (Å²) in [6.45, 7) is 1.62. The summed E-state index contributed by atoms with van der Waals surface area (Å²) in [6.07, 6.45) is 0. The molecule has 0 saturated carbocycles. The Hall–Kier alpha value is -1.62. The van der Waals surface area contributed by atoms with Crippen molar-refractivity contribution in [3.8, 4) is 0 Å². The minimum absolute atomic E-state index is 0.403. The Labute approximate surface area is 97.5 Å². The lowest BCUT2D eigenvalue weighted by atomic mass is 10.2. The quantitative estimate of drug-likeness (QED) is 0.344. The number of alkyl halides is 1. The number of nitro groups is 1. The predicted molar refractivity (Wildman–Crippen MR) is 62.5 cm³/mol. The number of benzene rings is 1. The van der Waals surface area contributed by atoms with Crippen molar-refractivity contribution in [1.29, 1.82) is 0 Å². The van der Waals surface area contributed by atoms with E-state index >= 15 is 0 Å². The summed E-state index contributed by atoms with van der Waals surface area (Å²) in [5.41, 5.74) is 0.414. The summed E-state index contributed by atoms with van der Waals surface area (Å²) in [6, 6.07) is 8.22. The van der Waals surface area contributed by atoms with E-state index in [9.17, 15) is 10.1 Å². The molecule has 0 aromatic heterocycles. The molecule has 1 aliphatic rings. The molecule has 0 fully saturated rings. The highest BCUT2D eigenvalue weighted by Gasteiger charge is 2.43. The molecule has 1 aromatic carbocycles. The third-order valence-corrected chi connectivity index (χ3v) is 2.86. The third kappa shape index (κ3) is 1.74. The zero-order valence-electron chi connectivity index (χ0n) is 8.58. The Morgan fingerprint density at radius 1 is 1.44 bits per heavy atom. The Balaban J connectivity index is 2.31. The topological polar surface area (TPSA) is 58.7 Å². The first-order valence-corrected chi connectivity index (χ1v) is 5.22. The Bertz CT molecular complexity index is 435. The Kier molecular flexibility index (Phi) is 2.78. The van der Waals surface area contributed by atoms with Crippen molar-refractivity contribution in [2.75, 3.05) is 5.01 Å². The molecule has 1 aliphatic heterocycles. The van der Waals surface area contributed by atoms with Crippen LogP contribution in [0.25, 0.3) is 0 Å². The van der Waals surface area contributed by atoms with E-state index in [1.807, 2.05) is 30.3 Å². The van der Waals surface area contributed by atoms with Gasteiger partial charge < -0.3 is 0 Å². The van der Waals surface area contributed by atoms with Gasteiger partial charge in [-0.05, 0) is 19.1 Å². The maximum atomic E-state index is 10.8. The highest BCUT2D eigenvalue weighted by molar-refractivity contribution is 6.25. The first-order valence-electron chi connectivity index (χ1n) is 4.78. The van der Waals surface area contributed by atoms with Gasteiger partial charge in [0.15, 0.2) is 5.50 Å². The van der Waals surface area contributed by atoms with Crippen LogP contribution in [0.2, 0.25) is 0 Å². The number of hydrazone groups is 1. The van der Waals surface area contributed by atoms with Crippen LogP contribution in [0.3, 0.4) is 0 Å². The van der Waals surface area contributed by atoms with E-state index in [4.69, 9.17) is 11.6 Å². The first-order chi connectivity index (χ1) is 7.61. The average Bonchev–Trinajstić information content (AvgIpc) is 2.55. The number of rotatable bonds is 2. The molecular weight excluding hydrogens is 230 g/mol. The van der Waals surface area contributed by atoms with E-state index in [0.717, 1.165) is 5.69 Å². The molecular formula is C10H10ClN3O2. The standard InChI is InChI=1S/C10H10ClN3O2/c1-7-9(14(15)16)10(11)13(12-7)8-5-3-2-4-6-8/h2-6,9-10H,1H3. The number of hydrogen-bond donors (Lipinski definition) is 0. The third-order valence-electron chi connectivity index (χ3n) is 2.44. The normalized spacial score (nSPS) is 24.4. The number of anilines is 1. The van der Waals surface area contributed by atoms with Crippen LogP contribution >= 0.6 is 11.6 Å². The molecule has 5 nitrogen and oxygen atoms in total. The van der Waals surface area contributed by atoms with Gasteiger partial charge in [0.1, 0.15) is 5.71 Å². The second kappa shape index (κ2) is 4.09. The van der Waals surface area contributed by atoms with Gasteiger partial charge in [-0.25, -0.2) is 5.01 Å². The molecule has 0 aliphatic carbocycles. The van der Waals surface area contributed by atoms with Crippen LogP contribution in [0.4, 0.5) is 5.69 Å². The number of nitrogens with zero attached hydrogens (tertiary/aromatic N) is 3. The monoisotopic (exact) mass is 239 g/mol. The number of halogens is 1. The van der Waals surface area contributed by atoms with E-state index in [-0.39, 0.29) is 0 Å². The van der Waals surface area contributed by atoms with Crippen molar-refractivity contribution >= 4 is 23.0 Å². The summed E-state index contributed by atoms with van der Waals surface area (Å²) in [5.74, 6) is 0. The van der Waals surface area contributed by atoms with E-state index in [1.54, 1.807) is 6.92 Å². The summed E-state index contributed by atoms with van der Waals surface area (Å²) >= 11 is 6.04. The van der Waals surface area contributed by atoms with Crippen molar-refractivity contribution in [2.24, 2.45) is 5.10 Å². The molecule has 0 spiro atoms. The highest BCUT2D eigenvalue weighted by atomic mass is 35.5. The van der Waals surface area contributed by atoms with Gasteiger partial charge in [-0.1, -0.05) is 29.8 Å². The van der Waals surface area contributed by atoms with E-state index in [2.05, 4.69) is 5.10 Å². The molecule has 0 bridgehead atoms. The SMILES string of the molecule is CC1=NN(c2ccccc2)C(Cl)C1[N+](=O)[O-]. The fraction of sp³-hybridized carbons (Fsp3) is 0.300. The van der Waals surface area contributed by atoms with Crippen LogP contribution < -0.4 is 5.01 Å². The molecule has 2 rings (SSSR count). The first kappa shape index (κ1) is 10.9. The fourth-order valence-corrected chi connectivity index (χ4v) is 2.08. The van der Waals surface area contributed by atoms with Crippen molar-refractivity contribution in [1.82, 2.24) is 0 Å². The molecule has 2 unspecified atom stereocenters. The largest absolute Gasteiger partial charge is 0.287 e. The number of para-hydroxylation sites is 1. The molecule has 0 saturated heterocycles. The summed E-state index contributed by atoms with van der Waals surface area (Å²) in [4.78, 5) is 10.4. The van der Waals surface area contributed by atoms with E-state index in [0.29, 0.717) is 5.71 Å². The minimum atomic E-state index is -0.943. The van der Waals surface area contributed by atoms with Gasteiger partial charge in [-0.3, -0.25) is 10.1 Å². The van der Waals surface area contributed by atoms with Gasteiger partial charge in [0.05, 0.1) is 5.69 Å². The molecule has 16 heavy (non-hydrogen) atoms. The van der Waals surface area contributed by atoms with Crippen LogP contribution in [0.5, 0.6) is 0 Å².